The van der Waals surface area contributed by atoms with Crippen molar-refractivity contribution in [1.29, 1.82) is 0 Å². The first-order valence-corrected chi connectivity index (χ1v) is 8.19. The minimum atomic E-state index is -0.103. The molecule has 4 N–H and O–H groups in total. The fourth-order valence-corrected chi connectivity index (χ4v) is 2.80. The van der Waals surface area contributed by atoms with Crippen molar-refractivity contribution in [2.45, 2.75) is 52.0 Å². The largest absolute Gasteiger partial charge is 0.382 e. The van der Waals surface area contributed by atoms with E-state index in [1.54, 1.807) is 0 Å². The molecule has 5 nitrogen and oxygen atoms in total. The van der Waals surface area contributed by atoms with E-state index in [4.69, 9.17) is 5.73 Å². The number of hydrogen-bond acceptors (Lipinski definition) is 5. The number of rotatable bonds is 8. The lowest BCUT2D eigenvalue weighted by molar-refractivity contribution is 0.0957. The number of nitrogens with one attached hydrogen (secondary N) is 2. The van der Waals surface area contributed by atoms with Crippen LogP contribution in [0.1, 0.15) is 55.6 Å². The molecule has 0 saturated heterocycles. The summed E-state index contributed by atoms with van der Waals surface area (Å²) in [5.74, 6) is 0.949. The monoisotopic (exact) mass is 296 g/mol. The minimum absolute atomic E-state index is 0.103. The van der Waals surface area contributed by atoms with Crippen molar-refractivity contribution in [1.82, 2.24) is 10.3 Å². The van der Waals surface area contributed by atoms with Crippen molar-refractivity contribution in [3.8, 4) is 0 Å². The number of carbonyl (C=O) groups excluding carboxylic acids is 1. The first kappa shape index (κ1) is 15.1. The highest BCUT2D eigenvalue weighted by Crippen LogP contribution is 2.30. The predicted octanol–water partition coefficient (Wildman–Crippen LogP) is 2.86. The summed E-state index contributed by atoms with van der Waals surface area (Å²) in [5, 5.41) is 6.95. The van der Waals surface area contributed by atoms with Crippen LogP contribution in [0.5, 0.6) is 0 Å². The van der Waals surface area contributed by atoms with Crippen LogP contribution in [0.4, 0.5) is 10.9 Å². The van der Waals surface area contributed by atoms with Crippen molar-refractivity contribution in [2.75, 3.05) is 17.6 Å². The Labute approximate surface area is 124 Å². The molecule has 0 atom stereocenters. The highest BCUT2D eigenvalue weighted by Gasteiger charge is 2.24. The van der Waals surface area contributed by atoms with E-state index >= 15 is 0 Å². The lowest BCUT2D eigenvalue weighted by Gasteiger charge is -2.05. The van der Waals surface area contributed by atoms with Crippen LogP contribution in [-0.2, 0) is 0 Å². The van der Waals surface area contributed by atoms with Gasteiger partial charge in [0.05, 0.1) is 0 Å². The zero-order valence-electron chi connectivity index (χ0n) is 12.2. The lowest BCUT2D eigenvalue weighted by atomic mass is 10.1. The molecule has 0 unspecified atom stereocenters. The second-order valence-corrected chi connectivity index (χ2v) is 6.80. The first-order valence-electron chi connectivity index (χ1n) is 7.37. The number of amides is 1. The summed E-state index contributed by atoms with van der Waals surface area (Å²) in [7, 11) is 0. The number of unbranched alkanes of at least 4 members (excludes halogenated alkanes) is 1. The Balaban J connectivity index is 1.75. The first-order chi connectivity index (χ1) is 9.56. The van der Waals surface area contributed by atoms with Gasteiger partial charge in [0.1, 0.15) is 10.7 Å². The van der Waals surface area contributed by atoms with Crippen LogP contribution in [0.15, 0.2) is 0 Å². The SMILES string of the molecule is CC(C)CCCCNC(=O)c1sc(NC2CC2)nc1N. The smallest absolute Gasteiger partial charge is 0.265 e. The molecule has 2 rings (SSSR count). The molecule has 112 valence electrons. The normalized spacial score (nSPS) is 14.6. The summed E-state index contributed by atoms with van der Waals surface area (Å²) in [6.45, 7) is 5.13. The standard InChI is InChI=1S/C14H24N4OS/c1-9(2)5-3-4-8-16-13(19)11-12(15)18-14(20-11)17-10-6-7-10/h9-10H,3-8,15H2,1-2H3,(H,16,19)(H,17,18). The summed E-state index contributed by atoms with van der Waals surface area (Å²) in [6.07, 6.45) is 5.71. The minimum Gasteiger partial charge on any atom is -0.382 e. The Hall–Kier alpha value is -1.30. The van der Waals surface area contributed by atoms with E-state index in [1.807, 2.05) is 0 Å². The molecule has 1 aromatic rings. The second kappa shape index (κ2) is 6.92. The van der Waals surface area contributed by atoms with Crippen LogP contribution in [-0.4, -0.2) is 23.5 Å². The molecule has 0 bridgehead atoms. The third kappa shape index (κ3) is 4.67. The molecule has 1 heterocycles. The molecule has 1 aliphatic carbocycles. The van der Waals surface area contributed by atoms with Crippen LogP contribution in [0.2, 0.25) is 0 Å². The van der Waals surface area contributed by atoms with Gasteiger partial charge in [0, 0.05) is 12.6 Å². The number of nitrogens with zero attached hydrogens (tertiary/aromatic N) is 1. The number of aromatic nitrogens is 1. The van der Waals surface area contributed by atoms with Gasteiger partial charge in [-0.25, -0.2) is 4.98 Å². The molecule has 1 amide bonds. The van der Waals surface area contributed by atoms with Crippen LogP contribution in [0.3, 0.4) is 0 Å². The van der Waals surface area contributed by atoms with Crippen molar-refractivity contribution >= 4 is 28.2 Å². The van der Waals surface area contributed by atoms with Crippen molar-refractivity contribution in [2.24, 2.45) is 5.92 Å². The topological polar surface area (TPSA) is 80.0 Å². The molecule has 1 aromatic heterocycles. The van der Waals surface area contributed by atoms with E-state index < -0.39 is 0 Å². The quantitative estimate of drug-likeness (QED) is 0.644. The van der Waals surface area contributed by atoms with Gasteiger partial charge in [-0.1, -0.05) is 38.0 Å². The van der Waals surface area contributed by atoms with Crippen molar-refractivity contribution < 1.29 is 4.79 Å². The summed E-state index contributed by atoms with van der Waals surface area (Å²) in [5.41, 5.74) is 5.81. The molecular formula is C14H24N4OS. The Morgan fingerprint density at radius 1 is 1.45 bits per heavy atom. The summed E-state index contributed by atoms with van der Waals surface area (Å²) >= 11 is 1.35. The van der Waals surface area contributed by atoms with Crippen LogP contribution >= 0.6 is 11.3 Å². The highest BCUT2D eigenvalue weighted by molar-refractivity contribution is 7.18. The maximum absolute atomic E-state index is 12.0. The number of hydrogen-bond donors (Lipinski definition) is 3. The maximum atomic E-state index is 12.0. The Morgan fingerprint density at radius 3 is 2.85 bits per heavy atom. The lowest BCUT2D eigenvalue weighted by Crippen LogP contribution is -2.24. The van der Waals surface area contributed by atoms with Gasteiger partial charge in [0.15, 0.2) is 5.13 Å². The van der Waals surface area contributed by atoms with Gasteiger partial charge in [-0.05, 0) is 25.2 Å². The number of anilines is 2. The molecular weight excluding hydrogens is 272 g/mol. The second-order valence-electron chi connectivity index (χ2n) is 5.80. The number of thiazole rings is 1. The summed E-state index contributed by atoms with van der Waals surface area (Å²) in [4.78, 5) is 16.8. The van der Waals surface area contributed by atoms with Gasteiger partial charge in [-0.2, -0.15) is 0 Å². The zero-order valence-corrected chi connectivity index (χ0v) is 13.1. The summed E-state index contributed by atoms with van der Waals surface area (Å²) < 4.78 is 0. The Bertz CT molecular complexity index is 454. The van der Waals surface area contributed by atoms with Crippen LogP contribution in [0.25, 0.3) is 0 Å². The number of nitrogens with two attached hydrogens (primary N) is 1. The molecule has 6 heteroatoms. The van der Waals surface area contributed by atoms with Crippen molar-refractivity contribution in [3.05, 3.63) is 4.88 Å². The van der Waals surface area contributed by atoms with Gasteiger partial charge >= 0.3 is 0 Å². The van der Waals surface area contributed by atoms with Gasteiger partial charge in [-0.15, -0.1) is 0 Å². The van der Waals surface area contributed by atoms with E-state index in [1.165, 1.54) is 30.6 Å². The average molecular weight is 296 g/mol. The van der Waals surface area contributed by atoms with E-state index in [2.05, 4.69) is 29.5 Å². The molecule has 1 saturated carbocycles. The highest BCUT2D eigenvalue weighted by atomic mass is 32.1. The van der Waals surface area contributed by atoms with Gasteiger partial charge in [0.2, 0.25) is 0 Å². The van der Waals surface area contributed by atoms with E-state index in [0.29, 0.717) is 23.3 Å². The average Bonchev–Trinajstić information content (AvgIpc) is 3.10. The van der Waals surface area contributed by atoms with Crippen LogP contribution in [0, 0.1) is 5.92 Å². The third-order valence-corrected chi connectivity index (χ3v) is 4.26. The van der Waals surface area contributed by atoms with Crippen LogP contribution < -0.4 is 16.4 Å². The summed E-state index contributed by atoms with van der Waals surface area (Å²) in [6, 6.07) is 0.521. The molecule has 0 aromatic carbocycles. The molecule has 0 aliphatic heterocycles. The van der Waals surface area contributed by atoms with Crippen molar-refractivity contribution in [3.63, 3.8) is 0 Å². The molecule has 0 radical (unpaired) electrons. The number of nitrogen functional groups attached to an aromatic ring is 1. The fraction of sp³-hybridized carbons (Fsp3) is 0.714. The zero-order chi connectivity index (χ0) is 14.5. The fourth-order valence-electron chi connectivity index (χ4n) is 1.92. The van der Waals surface area contributed by atoms with Gasteiger partial charge in [0.25, 0.3) is 5.91 Å². The maximum Gasteiger partial charge on any atom is 0.265 e. The molecule has 1 aliphatic rings. The molecule has 0 spiro atoms. The van der Waals surface area contributed by atoms with E-state index in [9.17, 15) is 4.79 Å². The van der Waals surface area contributed by atoms with E-state index in [0.717, 1.165) is 23.9 Å². The number of carbonyl (C=O) groups is 1. The predicted molar refractivity (Wildman–Crippen MR) is 84.2 cm³/mol. The van der Waals surface area contributed by atoms with E-state index in [-0.39, 0.29) is 5.91 Å². The Kier molecular flexibility index (Phi) is 5.23. The van der Waals surface area contributed by atoms with Gasteiger partial charge in [-0.3, -0.25) is 4.79 Å². The Morgan fingerprint density at radius 2 is 2.20 bits per heavy atom. The molecule has 1 fully saturated rings. The molecule has 20 heavy (non-hydrogen) atoms. The third-order valence-electron chi connectivity index (χ3n) is 3.26. The van der Waals surface area contributed by atoms with Gasteiger partial charge < -0.3 is 16.4 Å².